The first-order valence-corrected chi connectivity index (χ1v) is 4.96. The van der Waals surface area contributed by atoms with Gasteiger partial charge in [-0.15, -0.1) is 0 Å². The zero-order chi connectivity index (χ0) is 9.42. The van der Waals surface area contributed by atoms with Crippen molar-refractivity contribution >= 4 is 5.82 Å². The van der Waals surface area contributed by atoms with Crippen molar-refractivity contribution in [2.24, 2.45) is 13.0 Å². The lowest BCUT2D eigenvalue weighted by molar-refractivity contribution is 0.311. The third-order valence-corrected chi connectivity index (χ3v) is 3.14. The average Bonchev–Trinajstić information content (AvgIpc) is 2.26. The first kappa shape index (κ1) is 8.60. The Bertz CT molecular complexity index is 310. The Hall–Kier alpha value is -0.990. The number of nitrogens with zero attached hydrogens (tertiary/aromatic N) is 2. The Kier molecular flexibility index (Phi) is 2.02. The van der Waals surface area contributed by atoms with Crippen LogP contribution in [0.15, 0.2) is 0 Å². The highest BCUT2D eigenvalue weighted by molar-refractivity contribution is 5.42. The van der Waals surface area contributed by atoms with E-state index in [1.165, 1.54) is 30.5 Å². The Morgan fingerprint density at radius 3 is 2.62 bits per heavy atom. The Morgan fingerprint density at radius 2 is 2.23 bits per heavy atom. The van der Waals surface area contributed by atoms with Crippen molar-refractivity contribution in [1.29, 1.82) is 0 Å². The molecule has 0 radical (unpaired) electrons. The topological polar surface area (TPSA) is 43.8 Å². The van der Waals surface area contributed by atoms with Gasteiger partial charge in [-0.05, 0) is 19.3 Å². The van der Waals surface area contributed by atoms with Gasteiger partial charge in [0.05, 0.1) is 5.69 Å². The van der Waals surface area contributed by atoms with Gasteiger partial charge in [-0.2, -0.15) is 5.10 Å². The molecular formula is C10H17N3. The van der Waals surface area contributed by atoms with Gasteiger partial charge >= 0.3 is 0 Å². The van der Waals surface area contributed by atoms with Crippen molar-refractivity contribution in [3.63, 3.8) is 0 Å². The summed E-state index contributed by atoms with van der Waals surface area (Å²) in [5, 5.41) is 4.42. The van der Waals surface area contributed by atoms with Crippen LogP contribution in [0.5, 0.6) is 0 Å². The summed E-state index contributed by atoms with van der Waals surface area (Å²) in [6.45, 7) is 2.07. The van der Waals surface area contributed by atoms with E-state index in [0.717, 1.165) is 18.2 Å². The lowest BCUT2D eigenvalue weighted by Gasteiger charge is -2.24. The molecule has 2 N–H and O–H groups in total. The second-order valence-electron chi connectivity index (χ2n) is 4.08. The fourth-order valence-electron chi connectivity index (χ4n) is 1.86. The van der Waals surface area contributed by atoms with Crippen molar-refractivity contribution in [3.8, 4) is 0 Å². The summed E-state index contributed by atoms with van der Waals surface area (Å²) in [6.07, 6.45) is 5.26. The molecule has 0 saturated heterocycles. The van der Waals surface area contributed by atoms with Crippen LogP contribution in [0.1, 0.15) is 30.5 Å². The van der Waals surface area contributed by atoms with E-state index in [-0.39, 0.29) is 0 Å². The first-order valence-electron chi connectivity index (χ1n) is 4.96. The number of nitrogens with two attached hydrogens (primary N) is 1. The third-order valence-electron chi connectivity index (χ3n) is 3.14. The van der Waals surface area contributed by atoms with Crippen LogP contribution in [0.2, 0.25) is 0 Å². The highest BCUT2D eigenvalue weighted by atomic mass is 15.3. The van der Waals surface area contributed by atoms with E-state index in [1.807, 2.05) is 7.05 Å². The fourth-order valence-corrected chi connectivity index (χ4v) is 1.86. The zero-order valence-electron chi connectivity index (χ0n) is 8.38. The molecule has 1 aliphatic rings. The SMILES string of the molecule is Cc1c(CC2CCC2)nn(C)c1N. The molecule has 1 heterocycles. The molecule has 0 bridgehead atoms. The number of hydrogen-bond donors (Lipinski definition) is 1. The van der Waals surface area contributed by atoms with Gasteiger partial charge in [0.25, 0.3) is 0 Å². The fraction of sp³-hybridized carbons (Fsp3) is 0.700. The van der Waals surface area contributed by atoms with Gasteiger partial charge in [-0.1, -0.05) is 19.3 Å². The Balaban J connectivity index is 2.14. The van der Waals surface area contributed by atoms with Crippen LogP contribution in [-0.4, -0.2) is 9.78 Å². The molecule has 0 unspecified atom stereocenters. The van der Waals surface area contributed by atoms with Crippen LogP contribution in [0.3, 0.4) is 0 Å². The molecule has 0 aromatic carbocycles. The molecule has 2 rings (SSSR count). The summed E-state index contributed by atoms with van der Waals surface area (Å²) in [5.74, 6) is 1.68. The summed E-state index contributed by atoms with van der Waals surface area (Å²) < 4.78 is 1.78. The number of anilines is 1. The molecule has 13 heavy (non-hydrogen) atoms. The highest BCUT2D eigenvalue weighted by Crippen LogP contribution is 2.30. The van der Waals surface area contributed by atoms with Crippen LogP contribution in [0.25, 0.3) is 0 Å². The smallest absolute Gasteiger partial charge is 0.124 e. The van der Waals surface area contributed by atoms with E-state index in [9.17, 15) is 0 Å². The molecule has 0 spiro atoms. The van der Waals surface area contributed by atoms with Crippen LogP contribution in [0, 0.1) is 12.8 Å². The quantitative estimate of drug-likeness (QED) is 0.750. The predicted molar refractivity (Wildman–Crippen MR) is 53.4 cm³/mol. The number of hydrogen-bond acceptors (Lipinski definition) is 2. The second-order valence-corrected chi connectivity index (χ2v) is 4.08. The molecule has 0 amide bonds. The zero-order valence-corrected chi connectivity index (χ0v) is 8.38. The molecule has 1 fully saturated rings. The Labute approximate surface area is 78.9 Å². The van der Waals surface area contributed by atoms with Crippen LogP contribution in [0.4, 0.5) is 5.82 Å². The predicted octanol–water partition coefficient (Wildman–Crippen LogP) is 1.65. The van der Waals surface area contributed by atoms with Gasteiger partial charge in [0.15, 0.2) is 0 Å². The highest BCUT2D eigenvalue weighted by Gasteiger charge is 2.20. The van der Waals surface area contributed by atoms with Gasteiger partial charge in [0.1, 0.15) is 5.82 Å². The molecule has 1 saturated carbocycles. The monoisotopic (exact) mass is 179 g/mol. The summed E-state index contributed by atoms with van der Waals surface area (Å²) >= 11 is 0. The normalized spacial score (nSPS) is 17.4. The van der Waals surface area contributed by atoms with Crippen molar-refractivity contribution in [2.45, 2.75) is 32.6 Å². The maximum Gasteiger partial charge on any atom is 0.124 e. The Morgan fingerprint density at radius 1 is 1.54 bits per heavy atom. The number of aromatic nitrogens is 2. The van der Waals surface area contributed by atoms with E-state index in [4.69, 9.17) is 5.73 Å². The second kappa shape index (κ2) is 3.05. The minimum Gasteiger partial charge on any atom is -0.384 e. The maximum absolute atomic E-state index is 5.84. The third kappa shape index (κ3) is 1.43. The largest absolute Gasteiger partial charge is 0.384 e. The van der Waals surface area contributed by atoms with E-state index < -0.39 is 0 Å². The molecule has 3 heteroatoms. The van der Waals surface area contributed by atoms with Crippen molar-refractivity contribution in [1.82, 2.24) is 9.78 Å². The van der Waals surface area contributed by atoms with Crippen LogP contribution >= 0.6 is 0 Å². The lowest BCUT2D eigenvalue weighted by atomic mass is 9.82. The molecule has 1 aliphatic carbocycles. The van der Waals surface area contributed by atoms with E-state index in [2.05, 4.69) is 12.0 Å². The molecule has 72 valence electrons. The summed E-state index contributed by atoms with van der Waals surface area (Å²) in [7, 11) is 1.91. The molecule has 0 atom stereocenters. The van der Waals surface area contributed by atoms with Crippen molar-refractivity contribution < 1.29 is 0 Å². The number of nitrogen functional groups attached to an aromatic ring is 1. The molecule has 0 aliphatic heterocycles. The number of aryl methyl sites for hydroxylation is 1. The minimum atomic E-state index is 0.814. The van der Waals surface area contributed by atoms with E-state index >= 15 is 0 Å². The maximum atomic E-state index is 5.84. The molecule has 1 aromatic heterocycles. The molecular weight excluding hydrogens is 162 g/mol. The first-order chi connectivity index (χ1) is 6.18. The van der Waals surface area contributed by atoms with Crippen molar-refractivity contribution in [2.75, 3.05) is 5.73 Å². The molecule has 3 nitrogen and oxygen atoms in total. The standard InChI is InChI=1S/C10H17N3/c1-7-9(6-8-4-3-5-8)12-13(2)10(7)11/h8H,3-6,11H2,1-2H3. The minimum absolute atomic E-state index is 0.814. The number of rotatable bonds is 2. The van der Waals surface area contributed by atoms with Crippen LogP contribution < -0.4 is 5.73 Å². The summed E-state index contributed by atoms with van der Waals surface area (Å²) in [6, 6.07) is 0. The van der Waals surface area contributed by atoms with E-state index in [0.29, 0.717) is 0 Å². The van der Waals surface area contributed by atoms with Crippen LogP contribution in [-0.2, 0) is 13.5 Å². The molecule has 1 aromatic rings. The van der Waals surface area contributed by atoms with Gasteiger partial charge in [-0.25, -0.2) is 0 Å². The van der Waals surface area contributed by atoms with Gasteiger partial charge in [0.2, 0.25) is 0 Å². The van der Waals surface area contributed by atoms with Gasteiger partial charge in [-0.3, -0.25) is 4.68 Å². The van der Waals surface area contributed by atoms with Gasteiger partial charge in [0, 0.05) is 12.6 Å². The van der Waals surface area contributed by atoms with E-state index in [1.54, 1.807) is 4.68 Å². The van der Waals surface area contributed by atoms with Gasteiger partial charge < -0.3 is 5.73 Å². The summed E-state index contributed by atoms with van der Waals surface area (Å²) in [5.41, 5.74) is 8.21. The summed E-state index contributed by atoms with van der Waals surface area (Å²) in [4.78, 5) is 0. The van der Waals surface area contributed by atoms with Crippen molar-refractivity contribution in [3.05, 3.63) is 11.3 Å². The average molecular weight is 179 g/mol. The lowest BCUT2D eigenvalue weighted by Crippen LogP contribution is -2.14.